The molecule has 0 radical (unpaired) electrons. The largest absolute Gasteiger partial charge is 0.465 e. The standard InChI is InChI=1S/C33H45IN4O10S/c1-20-35-15-26(49-20)31(44)38-25(17-46-7)30(43)37-24(16-45-6)29(42)36-23(13-22-11-9-8-10-12-22)28(41)33(5,18-34)48-27(40)14-32(3,4)19-47-21(2)39/h8-12,15,23-25H,13-14,16-19H2,1-7H3,(H,36,42)(H,37,43)(H,38,44)/t23-,24-,25-,33+/m0/s1. The van der Waals surface area contributed by atoms with Crippen LogP contribution >= 0.6 is 33.9 Å². The van der Waals surface area contributed by atoms with Gasteiger partial charge in [-0.15, -0.1) is 11.3 Å². The number of methoxy groups -OCH3 is 2. The molecule has 0 bridgehead atoms. The molecule has 0 saturated carbocycles. The highest BCUT2D eigenvalue weighted by Gasteiger charge is 2.43. The lowest BCUT2D eigenvalue weighted by Crippen LogP contribution is -2.60. The highest BCUT2D eigenvalue weighted by atomic mass is 127. The summed E-state index contributed by atoms with van der Waals surface area (Å²) in [4.78, 5) is 82.7. The normalized spacial score (nSPS) is 14.4. The summed E-state index contributed by atoms with van der Waals surface area (Å²) in [6, 6.07) is 5.32. The van der Waals surface area contributed by atoms with Crippen molar-refractivity contribution in [3.05, 3.63) is 52.0 Å². The fourth-order valence-electron chi connectivity index (χ4n) is 4.54. The Morgan fingerprint density at radius 2 is 1.47 bits per heavy atom. The number of alkyl halides is 1. The number of carbonyl (C=O) groups excluding carboxylic acids is 6. The number of halogens is 1. The molecule has 3 N–H and O–H groups in total. The van der Waals surface area contributed by atoms with Crippen molar-refractivity contribution in [1.82, 2.24) is 20.9 Å². The molecule has 16 heteroatoms. The molecule has 0 saturated heterocycles. The van der Waals surface area contributed by atoms with Gasteiger partial charge in [0.25, 0.3) is 5.91 Å². The van der Waals surface area contributed by atoms with Crippen LogP contribution in [0.3, 0.4) is 0 Å². The van der Waals surface area contributed by atoms with Gasteiger partial charge in [-0.1, -0.05) is 66.8 Å². The number of thiazole rings is 1. The Kier molecular flexibility index (Phi) is 16.7. The number of esters is 2. The van der Waals surface area contributed by atoms with Crippen molar-refractivity contribution in [2.45, 2.75) is 71.2 Å². The van der Waals surface area contributed by atoms with Crippen LogP contribution in [0, 0.1) is 12.3 Å². The molecular weight excluding hydrogens is 771 g/mol. The van der Waals surface area contributed by atoms with E-state index < -0.39 is 64.6 Å². The van der Waals surface area contributed by atoms with Gasteiger partial charge in [0.15, 0.2) is 11.4 Å². The van der Waals surface area contributed by atoms with E-state index >= 15 is 0 Å². The second-order valence-corrected chi connectivity index (χ2v) is 14.3. The summed E-state index contributed by atoms with van der Waals surface area (Å²) in [6.45, 7) is 7.46. The van der Waals surface area contributed by atoms with Gasteiger partial charge >= 0.3 is 11.9 Å². The van der Waals surface area contributed by atoms with E-state index in [-0.39, 0.29) is 37.1 Å². The Hall–Kier alpha value is -3.48. The quantitative estimate of drug-likeness (QED) is 0.101. The summed E-state index contributed by atoms with van der Waals surface area (Å²) >= 11 is 3.10. The molecule has 3 amide bonds. The minimum absolute atomic E-state index is 0.0224. The first kappa shape index (κ1) is 41.7. The molecule has 1 heterocycles. The third-order valence-electron chi connectivity index (χ3n) is 7.09. The third-order valence-corrected chi connectivity index (χ3v) is 9.45. The second kappa shape index (κ2) is 19.6. The smallest absolute Gasteiger partial charge is 0.307 e. The van der Waals surface area contributed by atoms with Crippen molar-refractivity contribution in [2.24, 2.45) is 5.41 Å². The number of nitrogens with one attached hydrogen (secondary N) is 3. The molecule has 14 nitrogen and oxygen atoms in total. The SMILES string of the molecule is COC[C@H](NC(=O)c1cnc(C)s1)C(=O)N[C@@H](COC)C(=O)N[C@@H](Cc1ccccc1)C(=O)[C@@](C)(CI)OC(=O)CC(C)(C)COC(C)=O. The van der Waals surface area contributed by atoms with Crippen LogP contribution in [0.4, 0.5) is 0 Å². The lowest BCUT2D eigenvalue weighted by atomic mass is 9.89. The van der Waals surface area contributed by atoms with Gasteiger partial charge in [-0.05, 0) is 25.8 Å². The predicted octanol–water partition coefficient (Wildman–Crippen LogP) is 2.34. The van der Waals surface area contributed by atoms with Gasteiger partial charge in [-0.3, -0.25) is 28.8 Å². The van der Waals surface area contributed by atoms with Crippen LogP contribution in [0.5, 0.6) is 0 Å². The number of ketones is 1. The summed E-state index contributed by atoms with van der Waals surface area (Å²) < 4.78 is 21.2. The van der Waals surface area contributed by atoms with Gasteiger partial charge in [0.2, 0.25) is 11.8 Å². The molecule has 2 rings (SSSR count). The number of carbonyl (C=O) groups is 6. The molecule has 0 unspecified atom stereocenters. The number of hydrogen-bond donors (Lipinski definition) is 3. The van der Waals surface area contributed by atoms with Gasteiger partial charge in [-0.2, -0.15) is 0 Å². The Labute approximate surface area is 303 Å². The van der Waals surface area contributed by atoms with Crippen molar-refractivity contribution in [3.8, 4) is 0 Å². The average molecular weight is 817 g/mol. The molecule has 49 heavy (non-hydrogen) atoms. The van der Waals surface area contributed by atoms with E-state index in [2.05, 4.69) is 20.9 Å². The van der Waals surface area contributed by atoms with Crippen LogP contribution in [-0.4, -0.2) is 103 Å². The van der Waals surface area contributed by atoms with E-state index in [1.165, 1.54) is 34.3 Å². The molecule has 0 aliphatic rings. The number of aryl methyl sites for hydroxylation is 1. The van der Waals surface area contributed by atoms with E-state index in [0.29, 0.717) is 9.88 Å². The van der Waals surface area contributed by atoms with Crippen LogP contribution in [0.1, 0.15) is 54.4 Å². The van der Waals surface area contributed by atoms with E-state index in [1.807, 2.05) is 28.7 Å². The first-order valence-corrected chi connectivity index (χ1v) is 17.7. The average Bonchev–Trinajstić information content (AvgIpc) is 3.49. The molecule has 4 atom stereocenters. The monoisotopic (exact) mass is 816 g/mol. The number of hydrogen-bond acceptors (Lipinski definition) is 12. The molecule has 270 valence electrons. The van der Waals surface area contributed by atoms with E-state index in [1.54, 1.807) is 45.0 Å². The van der Waals surface area contributed by atoms with Gasteiger partial charge in [-0.25, -0.2) is 4.98 Å². The lowest BCUT2D eigenvalue weighted by molar-refractivity contribution is -0.167. The zero-order valence-corrected chi connectivity index (χ0v) is 31.7. The van der Waals surface area contributed by atoms with Gasteiger partial charge in [0.05, 0.1) is 43.5 Å². The van der Waals surface area contributed by atoms with E-state index in [9.17, 15) is 28.8 Å². The van der Waals surface area contributed by atoms with Crippen LogP contribution in [0.25, 0.3) is 0 Å². The van der Waals surface area contributed by atoms with Crippen molar-refractivity contribution in [3.63, 3.8) is 0 Å². The van der Waals surface area contributed by atoms with Crippen LogP contribution < -0.4 is 16.0 Å². The molecule has 0 spiro atoms. The van der Waals surface area contributed by atoms with E-state index in [4.69, 9.17) is 18.9 Å². The summed E-state index contributed by atoms with van der Waals surface area (Å²) in [5.74, 6) is -3.74. The molecule has 0 aliphatic heterocycles. The van der Waals surface area contributed by atoms with Crippen LogP contribution in [0.2, 0.25) is 0 Å². The molecule has 1 aromatic heterocycles. The topological polar surface area (TPSA) is 188 Å². The first-order chi connectivity index (χ1) is 23.0. The molecule has 2 aromatic rings. The fraction of sp³-hybridized carbons (Fsp3) is 0.545. The van der Waals surface area contributed by atoms with Gasteiger partial charge < -0.3 is 34.9 Å². The van der Waals surface area contributed by atoms with E-state index in [0.717, 1.165) is 16.9 Å². The van der Waals surface area contributed by atoms with Crippen molar-refractivity contribution in [1.29, 1.82) is 0 Å². The molecule has 0 fully saturated rings. The molecular formula is C33H45IN4O10S. The van der Waals surface area contributed by atoms with Crippen molar-refractivity contribution in [2.75, 3.05) is 38.5 Å². The number of Topliss-reactive ketones (excluding diaryl/α,β-unsaturated/α-hetero) is 1. The maximum atomic E-state index is 14.2. The number of benzene rings is 1. The molecule has 1 aromatic carbocycles. The number of ether oxygens (including phenoxy) is 4. The predicted molar refractivity (Wildman–Crippen MR) is 189 cm³/mol. The Bertz CT molecular complexity index is 1450. The minimum Gasteiger partial charge on any atom is -0.465 e. The molecule has 0 aliphatic carbocycles. The minimum atomic E-state index is -1.65. The summed E-state index contributed by atoms with van der Waals surface area (Å²) in [6.07, 6.45) is 1.31. The Morgan fingerprint density at radius 3 is 1.98 bits per heavy atom. The zero-order chi connectivity index (χ0) is 36.8. The summed E-state index contributed by atoms with van der Waals surface area (Å²) in [5.41, 5.74) is -1.69. The maximum Gasteiger partial charge on any atom is 0.307 e. The van der Waals surface area contributed by atoms with Crippen molar-refractivity contribution >= 4 is 69.4 Å². The Balaban J connectivity index is 2.29. The summed E-state index contributed by atoms with van der Waals surface area (Å²) in [5, 5.41) is 8.58. The number of aromatic nitrogens is 1. The number of rotatable bonds is 20. The fourth-order valence-corrected chi connectivity index (χ4v) is 5.75. The highest BCUT2D eigenvalue weighted by Crippen LogP contribution is 2.26. The maximum absolute atomic E-state index is 14.2. The van der Waals surface area contributed by atoms with Crippen molar-refractivity contribution < 1.29 is 47.7 Å². The van der Waals surface area contributed by atoms with Gasteiger partial charge in [0, 0.05) is 31.0 Å². The summed E-state index contributed by atoms with van der Waals surface area (Å²) in [7, 11) is 2.70. The first-order valence-electron chi connectivity index (χ1n) is 15.4. The zero-order valence-electron chi connectivity index (χ0n) is 28.8. The Morgan fingerprint density at radius 1 is 0.898 bits per heavy atom. The van der Waals surface area contributed by atoms with Crippen LogP contribution in [0.15, 0.2) is 36.5 Å². The lowest BCUT2D eigenvalue weighted by Gasteiger charge is -2.33. The third kappa shape index (κ3) is 13.7. The van der Waals surface area contributed by atoms with Crippen LogP contribution in [-0.2, 0) is 49.3 Å². The highest BCUT2D eigenvalue weighted by molar-refractivity contribution is 14.1. The second-order valence-electron chi connectivity index (χ2n) is 12.3. The number of amides is 3. The van der Waals surface area contributed by atoms with Gasteiger partial charge in [0.1, 0.15) is 17.0 Å². The number of nitrogens with zero attached hydrogens (tertiary/aromatic N) is 1.